The molecule has 15 heavy (non-hydrogen) atoms. The Hall–Kier alpha value is -1.09. The minimum Gasteiger partial charge on any atom is -0.463 e. The van der Waals surface area contributed by atoms with E-state index in [0.717, 1.165) is 19.3 Å². The Morgan fingerprint density at radius 1 is 1.47 bits per heavy atom. The molecule has 0 aromatic carbocycles. The molecule has 0 fully saturated rings. The summed E-state index contributed by atoms with van der Waals surface area (Å²) in [6.07, 6.45) is 8.52. The molecule has 1 aliphatic carbocycles. The number of allylic oxidation sites excluding steroid dienone is 2. The molecule has 0 aliphatic heterocycles. The lowest BCUT2D eigenvalue weighted by atomic mass is 9.95. The maximum atomic E-state index is 11.5. The largest absolute Gasteiger partial charge is 0.463 e. The van der Waals surface area contributed by atoms with Gasteiger partial charge in [-0.15, -0.1) is 6.58 Å². The van der Waals surface area contributed by atoms with Gasteiger partial charge >= 0.3 is 5.97 Å². The van der Waals surface area contributed by atoms with E-state index in [9.17, 15) is 4.79 Å². The lowest BCUT2D eigenvalue weighted by Gasteiger charge is -2.16. The summed E-state index contributed by atoms with van der Waals surface area (Å²) in [6, 6.07) is 0. The van der Waals surface area contributed by atoms with Crippen molar-refractivity contribution >= 4 is 5.97 Å². The maximum absolute atomic E-state index is 11.5. The highest BCUT2D eigenvalue weighted by Gasteiger charge is 2.19. The number of carbonyl (C=O) groups excluding carboxylic acids is 1. The van der Waals surface area contributed by atoms with E-state index in [0.29, 0.717) is 19.8 Å². The Morgan fingerprint density at radius 2 is 2.33 bits per heavy atom. The normalized spacial score (nSPS) is 19.9. The van der Waals surface area contributed by atoms with Crippen LogP contribution in [-0.2, 0) is 14.3 Å². The highest BCUT2D eigenvalue weighted by molar-refractivity contribution is 5.72. The van der Waals surface area contributed by atoms with Crippen LogP contribution in [0.15, 0.2) is 24.8 Å². The van der Waals surface area contributed by atoms with Crippen LogP contribution >= 0.6 is 0 Å². The standard InChI is InChI=1S/C12H18O3/c1-2-8-14-9-10-15-12(13)11-6-4-3-5-7-11/h2-4,11H,1,5-10H2. The number of rotatable bonds is 6. The van der Waals surface area contributed by atoms with E-state index in [1.807, 2.05) is 6.08 Å². The third-order valence-corrected chi connectivity index (χ3v) is 2.31. The molecule has 3 heteroatoms. The molecular formula is C12H18O3. The molecular weight excluding hydrogens is 192 g/mol. The fourth-order valence-corrected chi connectivity index (χ4v) is 1.49. The zero-order valence-electron chi connectivity index (χ0n) is 8.98. The number of hydrogen-bond donors (Lipinski definition) is 0. The van der Waals surface area contributed by atoms with Crippen LogP contribution in [0.5, 0.6) is 0 Å². The Labute approximate surface area is 90.8 Å². The van der Waals surface area contributed by atoms with Crippen molar-refractivity contribution in [1.82, 2.24) is 0 Å². The first kappa shape index (κ1) is 12.0. The van der Waals surface area contributed by atoms with E-state index in [4.69, 9.17) is 9.47 Å². The van der Waals surface area contributed by atoms with Gasteiger partial charge in [0.15, 0.2) is 0 Å². The van der Waals surface area contributed by atoms with Crippen LogP contribution in [0.25, 0.3) is 0 Å². The van der Waals surface area contributed by atoms with E-state index in [1.54, 1.807) is 6.08 Å². The van der Waals surface area contributed by atoms with Crippen molar-refractivity contribution in [3.63, 3.8) is 0 Å². The molecule has 0 aromatic heterocycles. The molecule has 0 heterocycles. The fraction of sp³-hybridized carbons (Fsp3) is 0.583. The van der Waals surface area contributed by atoms with Gasteiger partial charge in [0.2, 0.25) is 0 Å². The van der Waals surface area contributed by atoms with Crippen LogP contribution in [0, 0.1) is 5.92 Å². The predicted molar refractivity (Wildman–Crippen MR) is 58.5 cm³/mol. The number of carbonyl (C=O) groups is 1. The van der Waals surface area contributed by atoms with Crippen molar-refractivity contribution in [1.29, 1.82) is 0 Å². The molecule has 84 valence electrons. The highest BCUT2D eigenvalue weighted by atomic mass is 16.6. The van der Waals surface area contributed by atoms with E-state index in [-0.39, 0.29) is 11.9 Å². The molecule has 0 amide bonds. The Kier molecular flexibility index (Phi) is 5.78. The molecule has 0 N–H and O–H groups in total. The van der Waals surface area contributed by atoms with Crippen LogP contribution in [0.3, 0.4) is 0 Å². The van der Waals surface area contributed by atoms with Gasteiger partial charge in [-0.05, 0) is 19.3 Å². The van der Waals surface area contributed by atoms with Gasteiger partial charge in [0.05, 0.1) is 19.1 Å². The minimum absolute atomic E-state index is 0.0504. The van der Waals surface area contributed by atoms with Crippen LogP contribution in [0.1, 0.15) is 19.3 Å². The molecule has 0 saturated carbocycles. The summed E-state index contributed by atoms with van der Waals surface area (Å²) in [7, 11) is 0. The summed E-state index contributed by atoms with van der Waals surface area (Å²) in [4.78, 5) is 11.5. The average molecular weight is 210 g/mol. The van der Waals surface area contributed by atoms with Crippen molar-refractivity contribution in [3.8, 4) is 0 Å². The molecule has 1 rings (SSSR count). The molecule has 0 saturated heterocycles. The minimum atomic E-state index is -0.0958. The quantitative estimate of drug-likeness (QED) is 0.382. The number of esters is 1. The van der Waals surface area contributed by atoms with Gasteiger partial charge in [0.1, 0.15) is 6.61 Å². The maximum Gasteiger partial charge on any atom is 0.309 e. The Balaban J connectivity index is 2.07. The van der Waals surface area contributed by atoms with Crippen molar-refractivity contribution in [2.24, 2.45) is 5.92 Å². The number of ether oxygens (including phenoxy) is 2. The lowest BCUT2D eigenvalue weighted by molar-refractivity contribution is -0.150. The smallest absolute Gasteiger partial charge is 0.309 e. The zero-order chi connectivity index (χ0) is 10.9. The van der Waals surface area contributed by atoms with Gasteiger partial charge < -0.3 is 9.47 Å². The molecule has 1 aliphatic rings. The Bertz CT molecular complexity index is 233. The molecule has 0 radical (unpaired) electrons. The van der Waals surface area contributed by atoms with Crippen molar-refractivity contribution in [2.75, 3.05) is 19.8 Å². The molecule has 1 atom stereocenters. The summed E-state index contributed by atoms with van der Waals surface area (Å²) in [5.41, 5.74) is 0. The first-order valence-electron chi connectivity index (χ1n) is 5.35. The molecule has 3 nitrogen and oxygen atoms in total. The van der Waals surface area contributed by atoms with E-state index in [2.05, 4.69) is 12.7 Å². The van der Waals surface area contributed by atoms with Crippen molar-refractivity contribution in [2.45, 2.75) is 19.3 Å². The van der Waals surface area contributed by atoms with Gasteiger partial charge in [-0.1, -0.05) is 18.2 Å². The van der Waals surface area contributed by atoms with Crippen LogP contribution in [-0.4, -0.2) is 25.8 Å². The summed E-state index contributed by atoms with van der Waals surface area (Å²) in [5.74, 6) is -0.0454. The predicted octanol–water partition coefficient (Wildman–Crippen LogP) is 2.09. The molecule has 0 bridgehead atoms. The van der Waals surface area contributed by atoms with Gasteiger partial charge in [0.25, 0.3) is 0 Å². The second-order valence-electron chi connectivity index (χ2n) is 3.51. The van der Waals surface area contributed by atoms with Gasteiger partial charge in [-0.25, -0.2) is 0 Å². The van der Waals surface area contributed by atoms with Gasteiger partial charge in [0, 0.05) is 0 Å². The van der Waals surface area contributed by atoms with Gasteiger partial charge in [-0.3, -0.25) is 4.79 Å². The zero-order valence-corrected chi connectivity index (χ0v) is 8.98. The number of hydrogen-bond acceptors (Lipinski definition) is 3. The summed E-state index contributed by atoms with van der Waals surface area (Å²) < 4.78 is 10.2. The fourth-order valence-electron chi connectivity index (χ4n) is 1.49. The second kappa shape index (κ2) is 7.23. The van der Waals surface area contributed by atoms with Gasteiger partial charge in [-0.2, -0.15) is 0 Å². The van der Waals surface area contributed by atoms with Crippen LogP contribution < -0.4 is 0 Å². The SMILES string of the molecule is C=CCOCCOC(=O)C1CC=CCC1. The van der Waals surface area contributed by atoms with E-state index >= 15 is 0 Å². The summed E-state index contributed by atoms with van der Waals surface area (Å²) >= 11 is 0. The summed E-state index contributed by atoms with van der Waals surface area (Å²) in [5, 5.41) is 0. The molecule has 1 unspecified atom stereocenters. The van der Waals surface area contributed by atoms with Crippen LogP contribution in [0.4, 0.5) is 0 Å². The molecule has 0 aromatic rings. The topological polar surface area (TPSA) is 35.5 Å². The average Bonchev–Trinajstić information content (AvgIpc) is 2.30. The first-order chi connectivity index (χ1) is 7.34. The molecule has 0 spiro atoms. The lowest BCUT2D eigenvalue weighted by Crippen LogP contribution is -2.20. The van der Waals surface area contributed by atoms with Crippen molar-refractivity contribution < 1.29 is 14.3 Å². The van der Waals surface area contributed by atoms with Crippen molar-refractivity contribution in [3.05, 3.63) is 24.8 Å². The second-order valence-corrected chi connectivity index (χ2v) is 3.51. The van der Waals surface area contributed by atoms with Crippen LogP contribution in [0.2, 0.25) is 0 Å². The first-order valence-corrected chi connectivity index (χ1v) is 5.35. The Morgan fingerprint density at radius 3 is 3.00 bits per heavy atom. The third kappa shape index (κ3) is 4.79. The van der Waals surface area contributed by atoms with E-state index in [1.165, 1.54) is 0 Å². The monoisotopic (exact) mass is 210 g/mol. The summed E-state index contributed by atoms with van der Waals surface area (Å²) in [6.45, 7) is 4.82. The third-order valence-electron chi connectivity index (χ3n) is 2.31. The van der Waals surface area contributed by atoms with E-state index < -0.39 is 0 Å². The highest BCUT2D eigenvalue weighted by Crippen LogP contribution is 2.19.